The zero-order valence-corrected chi connectivity index (χ0v) is 8.99. The van der Waals surface area contributed by atoms with E-state index >= 15 is 0 Å². The summed E-state index contributed by atoms with van der Waals surface area (Å²) in [6, 6.07) is 0. The molecule has 0 bridgehead atoms. The molecule has 1 aliphatic heterocycles. The van der Waals surface area contributed by atoms with Crippen molar-refractivity contribution in [2.24, 2.45) is 11.7 Å². The Morgan fingerprint density at radius 2 is 2.50 bits per heavy atom. The molecule has 0 spiro atoms. The van der Waals surface area contributed by atoms with Crippen molar-refractivity contribution in [1.29, 1.82) is 5.41 Å². The Labute approximate surface area is 93.2 Å². The molecule has 1 fully saturated rings. The summed E-state index contributed by atoms with van der Waals surface area (Å²) in [4.78, 5) is 0. The first-order chi connectivity index (χ1) is 7.77. The van der Waals surface area contributed by atoms with Crippen LogP contribution in [0.15, 0.2) is 4.63 Å². The molecule has 7 nitrogen and oxygen atoms in total. The van der Waals surface area contributed by atoms with Gasteiger partial charge in [-0.3, -0.25) is 5.41 Å². The standard InChI is InChI=1S/C9H16N6O/c10-9(11)8-7(14-16-15-8)5-13-4-6-1-2-12-3-6/h6,12-13H,1-5H2,(H3,10,11). The van der Waals surface area contributed by atoms with E-state index in [9.17, 15) is 0 Å². The van der Waals surface area contributed by atoms with E-state index in [0.29, 0.717) is 23.9 Å². The number of hydrogen-bond donors (Lipinski definition) is 4. The number of hydrogen-bond acceptors (Lipinski definition) is 6. The molecule has 1 aliphatic rings. The predicted octanol–water partition coefficient (Wildman–Crippen LogP) is -0.947. The molecule has 0 aromatic carbocycles. The summed E-state index contributed by atoms with van der Waals surface area (Å²) in [5, 5.41) is 21.1. The number of nitrogens with two attached hydrogens (primary N) is 1. The van der Waals surface area contributed by atoms with Crippen molar-refractivity contribution >= 4 is 5.84 Å². The summed E-state index contributed by atoms with van der Waals surface area (Å²) < 4.78 is 4.56. The summed E-state index contributed by atoms with van der Waals surface area (Å²) in [6.07, 6.45) is 1.20. The third-order valence-corrected chi connectivity index (χ3v) is 2.70. The topological polar surface area (TPSA) is 113 Å². The van der Waals surface area contributed by atoms with E-state index in [1.807, 2.05) is 0 Å². The highest BCUT2D eigenvalue weighted by Gasteiger charge is 2.15. The quantitative estimate of drug-likeness (QED) is 0.379. The number of aromatic nitrogens is 2. The molecule has 0 aliphatic carbocycles. The third kappa shape index (κ3) is 2.56. The zero-order valence-electron chi connectivity index (χ0n) is 8.99. The second-order valence-electron chi connectivity index (χ2n) is 3.96. The van der Waals surface area contributed by atoms with E-state index in [4.69, 9.17) is 11.1 Å². The number of nitrogens with zero attached hydrogens (tertiary/aromatic N) is 2. The fourth-order valence-electron chi connectivity index (χ4n) is 1.81. The van der Waals surface area contributed by atoms with E-state index in [-0.39, 0.29) is 5.84 Å². The summed E-state index contributed by atoms with van der Waals surface area (Å²) in [5.74, 6) is 0.557. The molecule has 2 rings (SSSR count). The first kappa shape index (κ1) is 11.0. The summed E-state index contributed by atoms with van der Waals surface area (Å²) in [6.45, 7) is 3.62. The van der Waals surface area contributed by atoms with Gasteiger partial charge in [0.15, 0.2) is 5.69 Å². The van der Waals surface area contributed by atoms with Crippen molar-refractivity contribution in [1.82, 2.24) is 20.9 Å². The van der Waals surface area contributed by atoms with Crippen molar-refractivity contribution in [2.75, 3.05) is 19.6 Å². The van der Waals surface area contributed by atoms with Crippen LogP contribution in [0, 0.1) is 11.3 Å². The lowest BCUT2D eigenvalue weighted by molar-refractivity contribution is 0.301. The van der Waals surface area contributed by atoms with Crippen LogP contribution in [0.1, 0.15) is 17.8 Å². The number of rotatable bonds is 5. The van der Waals surface area contributed by atoms with Gasteiger partial charge in [-0.15, -0.1) is 0 Å². The van der Waals surface area contributed by atoms with Crippen LogP contribution >= 0.6 is 0 Å². The molecule has 1 atom stereocenters. The Kier molecular flexibility index (Phi) is 3.47. The first-order valence-electron chi connectivity index (χ1n) is 5.34. The van der Waals surface area contributed by atoms with Gasteiger partial charge >= 0.3 is 0 Å². The molecular formula is C9H16N6O. The largest absolute Gasteiger partial charge is 0.382 e. The van der Waals surface area contributed by atoms with Crippen molar-refractivity contribution in [2.45, 2.75) is 13.0 Å². The SMILES string of the molecule is N=C(N)c1nonc1CNCC1CCNC1. The van der Waals surface area contributed by atoms with Crippen molar-refractivity contribution < 1.29 is 4.63 Å². The minimum atomic E-state index is -0.111. The molecule has 0 amide bonds. The molecule has 1 unspecified atom stereocenters. The fourth-order valence-corrected chi connectivity index (χ4v) is 1.81. The van der Waals surface area contributed by atoms with Gasteiger partial charge in [0.25, 0.3) is 0 Å². The highest BCUT2D eigenvalue weighted by Crippen LogP contribution is 2.06. The number of nitrogen functional groups attached to an aromatic ring is 1. The van der Waals surface area contributed by atoms with Crippen LogP contribution in [0.5, 0.6) is 0 Å². The smallest absolute Gasteiger partial charge is 0.173 e. The van der Waals surface area contributed by atoms with Gasteiger partial charge in [-0.1, -0.05) is 5.16 Å². The lowest BCUT2D eigenvalue weighted by Gasteiger charge is -2.08. The molecule has 1 aromatic rings. The highest BCUT2D eigenvalue weighted by atomic mass is 16.6. The van der Waals surface area contributed by atoms with Crippen LogP contribution in [-0.2, 0) is 6.54 Å². The minimum Gasteiger partial charge on any atom is -0.382 e. The highest BCUT2D eigenvalue weighted by molar-refractivity contribution is 5.93. The van der Waals surface area contributed by atoms with Crippen molar-refractivity contribution in [3.05, 3.63) is 11.4 Å². The van der Waals surface area contributed by atoms with E-state index < -0.39 is 0 Å². The Morgan fingerprint density at radius 1 is 1.62 bits per heavy atom. The molecule has 5 N–H and O–H groups in total. The van der Waals surface area contributed by atoms with Crippen LogP contribution in [0.25, 0.3) is 0 Å². The molecular weight excluding hydrogens is 208 g/mol. The Balaban J connectivity index is 1.80. The lowest BCUT2D eigenvalue weighted by Crippen LogP contribution is -2.25. The second kappa shape index (κ2) is 5.04. The average molecular weight is 224 g/mol. The van der Waals surface area contributed by atoms with Gasteiger partial charge in [0.05, 0.1) is 0 Å². The van der Waals surface area contributed by atoms with Crippen LogP contribution in [0.3, 0.4) is 0 Å². The molecule has 0 saturated carbocycles. The lowest BCUT2D eigenvalue weighted by atomic mass is 10.1. The minimum absolute atomic E-state index is 0.111. The van der Waals surface area contributed by atoms with Crippen LogP contribution in [0.4, 0.5) is 0 Å². The zero-order chi connectivity index (χ0) is 11.4. The summed E-state index contributed by atoms with van der Waals surface area (Å²) in [5.41, 5.74) is 6.26. The van der Waals surface area contributed by atoms with Crippen LogP contribution in [-0.4, -0.2) is 35.8 Å². The molecule has 0 radical (unpaired) electrons. The van der Waals surface area contributed by atoms with Gasteiger partial charge in [-0.2, -0.15) is 0 Å². The van der Waals surface area contributed by atoms with Gasteiger partial charge in [0, 0.05) is 6.54 Å². The molecule has 1 aromatic heterocycles. The monoisotopic (exact) mass is 224 g/mol. The predicted molar refractivity (Wildman–Crippen MR) is 58.0 cm³/mol. The van der Waals surface area contributed by atoms with E-state index in [1.54, 1.807) is 0 Å². The van der Waals surface area contributed by atoms with Crippen molar-refractivity contribution in [3.63, 3.8) is 0 Å². The Bertz CT molecular complexity index is 357. The Hall–Kier alpha value is -1.47. The maximum atomic E-state index is 7.27. The number of nitrogens with one attached hydrogen (secondary N) is 3. The number of amidine groups is 1. The van der Waals surface area contributed by atoms with E-state index in [2.05, 4.69) is 25.6 Å². The van der Waals surface area contributed by atoms with Crippen LogP contribution < -0.4 is 16.4 Å². The van der Waals surface area contributed by atoms with Gasteiger partial charge in [0.2, 0.25) is 0 Å². The van der Waals surface area contributed by atoms with E-state index in [1.165, 1.54) is 6.42 Å². The summed E-state index contributed by atoms with van der Waals surface area (Å²) in [7, 11) is 0. The first-order valence-corrected chi connectivity index (χ1v) is 5.34. The van der Waals surface area contributed by atoms with Gasteiger partial charge in [-0.25, -0.2) is 4.63 Å². The molecule has 88 valence electrons. The van der Waals surface area contributed by atoms with Gasteiger partial charge in [0.1, 0.15) is 11.5 Å². The normalized spacial score (nSPS) is 20.1. The third-order valence-electron chi connectivity index (χ3n) is 2.70. The van der Waals surface area contributed by atoms with Gasteiger partial charge < -0.3 is 16.4 Å². The van der Waals surface area contributed by atoms with Crippen molar-refractivity contribution in [3.8, 4) is 0 Å². The van der Waals surface area contributed by atoms with Gasteiger partial charge in [-0.05, 0) is 37.1 Å². The average Bonchev–Trinajstić information content (AvgIpc) is 2.87. The molecule has 7 heteroatoms. The molecule has 2 heterocycles. The maximum Gasteiger partial charge on any atom is 0.173 e. The van der Waals surface area contributed by atoms with E-state index in [0.717, 1.165) is 19.6 Å². The molecule has 1 saturated heterocycles. The Morgan fingerprint density at radius 3 is 3.19 bits per heavy atom. The van der Waals surface area contributed by atoms with Crippen LogP contribution in [0.2, 0.25) is 0 Å². The molecule has 16 heavy (non-hydrogen) atoms. The second-order valence-corrected chi connectivity index (χ2v) is 3.96. The summed E-state index contributed by atoms with van der Waals surface area (Å²) >= 11 is 0. The maximum absolute atomic E-state index is 7.27. The fraction of sp³-hybridized carbons (Fsp3) is 0.667.